The summed E-state index contributed by atoms with van der Waals surface area (Å²) in [7, 11) is 0. The second kappa shape index (κ2) is 6.15. The Morgan fingerprint density at radius 2 is 2.22 bits per heavy atom. The lowest BCUT2D eigenvalue weighted by Crippen LogP contribution is -2.28. The highest BCUT2D eigenvalue weighted by atomic mass is 32.2. The molecule has 1 atom stereocenters. The summed E-state index contributed by atoms with van der Waals surface area (Å²) in [5.74, 6) is 0. The van der Waals surface area contributed by atoms with Crippen molar-refractivity contribution in [1.82, 2.24) is 10.0 Å². The summed E-state index contributed by atoms with van der Waals surface area (Å²) in [4.78, 5) is 0. The van der Waals surface area contributed by atoms with Gasteiger partial charge in [-0.05, 0) is 6.54 Å². The lowest BCUT2D eigenvalue weighted by Gasteiger charge is -2.05. The Hall–Kier alpha value is 0.0300. The first kappa shape index (κ1) is 9.03. The molecule has 0 spiro atoms. The molecule has 0 fully saturated rings. The monoisotopic (exact) mass is 151 g/mol. The van der Waals surface area contributed by atoms with E-state index < -0.39 is 11.3 Å². The Labute approximate surface area is 57.4 Å². The van der Waals surface area contributed by atoms with Crippen molar-refractivity contribution in [2.24, 2.45) is 0 Å². The minimum absolute atomic E-state index is 0.462. The number of likely N-dealkylation sites (N-methyl/N-ethyl adjacent to an activating group) is 1. The molecule has 5 heteroatoms. The maximum Gasteiger partial charge on any atom is 0.0197 e. The number of rotatable bonds is 5. The summed E-state index contributed by atoms with van der Waals surface area (Å²) in [6.45, 7) is 3.98. The van der Waals surface area contributed by atoms with E-state index in [4.69, 9.17) is 0 Å². The highest BCUT2D eigenvalue weighted by molar-refractivity contribution is 7.77. The molecule has 0 amide bonds. The molecule has 0 aliphatic rings. The van der Waals surface area contributed by atoms with Crippen LogP contribution in [0.4, 0.5) is 0 Å². The Bertz CT molecular complexity index is 88.6. The lowest BCUT2D eigenvalue weighted by molar-refractivity contribution is 0.521. The van der Waals surface area contributed by atoms with E-state index >= 15 is 0 Å². The zero-order valence-corrected chi connectivity index (χ0v) is 6.16. The van der Waals surface area contributed by atoms with E-state index in [2.05, 4.69) is 10.0 Å². The second-order valence-electron chi connectivity index (χ2n) is 1.48. The lowest BCUT2D eigenvalue weighted by atomic mass is 10.6. The maximum absolute atomic E-state index is 9.82. The number of hydrogen-bond donors (Lipinski definition) is 2. The van der Waals surface area contributed by atoms with E-state index in [-0.39, 0.29) is 0 Å². The molecule has 1 unspecified atom stereocenters. The molecule has 0 aromatic carbocycles. The molecular formula is C4H11N2O2S-. The van der Waals surface area contributed by atoms with Gasteiger partial charge in [-0.25, -0.2) is 4.72 Å². The number of hydrogen-bond acceptors (Lipinski definition) is 3. The molecule has 0 aromatic rings. The molecule has 9 heavy (non-hydrogen) atoms. The molecule has 56 valence electrons. The summed E-state index contributed by atoms with van der Waals surface area (Å²) in [6, 6.07) is 0. The maximum atomic E-state index is 9.82. The van der Waals surface area contributed by atoms with Gasteiger partial charge in [-0.3, -0.25) is 4.21 Å². The van der Waals surface area contributed by atoms with Crippen LogP contribution in [0.2, 0.25) is 0 Å². The molecule has 0 saturated carbocycles. The van der Waals surface area contributed by atoms with Crippen LogP contribution in [0.15, 0.2) is 0 Å². The summed E-state index contributed by atoms with van der Waals surface area (Å²) >= 11 is -2.11. The Morgan fingerprint density at radius 1 is 1.56 bits per heavy atom. The second-order valence-corrected chi connectivity index (χ2v) is 2.24. The van der Waals surface area contributed by atoms with E-state index in [0.717, 1.165) is 6.54 Å². The molecule has 0 radical (unpaired) electrons. The van der Waals surface area contributed by atoms with Gasteiger partial charge in [-0.2, -0.15) is 0 Å². The average molecular weight is 151 g/mol. The average Bonchev–Trinajstić information content (AvgIpc) is 1.80. The minimum atomic E-state index is -2.11. The van der Waals surface area contributed by atoms with Crippen LogP contribution >= 0.6 is 0 Å². The van der Waals surface area contributed by atoms with Crippen molar-refractivity contribution in [2.45, 2.75) is 6.92 Å². The van der Waals surface area contributed by atoms with Crippen LogP contribution in [0.5, 0.6) is 0 Å². The Kier molecular flexibility index (Phi) is 6.18. The van der Waals surface area contributed by atoms with Gasteiger partial charge in [0.2, 0.25) is 0 Å². The third kappa shape index (κ3) is 8.03. The first-order valence-corrected chi connectivity index (χ1v) is 3.88. The van der Waals surface area contributed by atoms with Gasteiger partial charge in [0.1, 0.15) is 0 Å². The van der Waals surface area contributed by atoms with Gasteiger partial charge < -0.3 is 9.87 Å². The van der Waals surface area contributed by atoms with Gasteiger partial charge in [-0.15, -0.1) is 0 Å². The third-order valence-electron chi connectivity index (χ3n) is 0.772. The van der Waals surface area contributed by atoms with Crippen LogP contribution < -0.4 is 10.0 Å². The van der Waals surface area contributed by atoms with Gasteiger partial charge in [0, 0.05) is 24.4 Å². The highest BCUT2D eigenvalue weighted by Gasteiger charge is 1.81. The first-order chi connectivity index (χ1) is 4.27. The summed E-state index contributed by atoms with van der Waals surface area (Å²) < 4.78 is 21.9. The molecule has 0 bridgehead atoms. The molecule has 0 heterocycles. The summed E-state index contributed by atoms with van der Waals surface area (Å²) in [5, 5.41) is 2.97. The van der Waals surface area contributed by atoms with E-state index in [1.54, 1.807) is 0 Å². The zero-order valence-electron chi connectivity index (χ0n) is 5.35. The van der Waals surface area contributed by atoms with Crippen LogP contribution in [0, 0.1) is 0 Å². The summed E-state index contributed by atoms with van der Waals surface area (Å²) in [5.41, 5.74) is 0. The highest BCUT2D eigenvalue weighted by Crippen LogP contribution is 1.61. The van der Waals surface area contributed by atoms with Crippen molar-refractivity contribution in [3.63, 3.8) is 0 Å². The molecule has 0 aliphatic heterocycles. The minimum Gasteiger partial charge on any atom is -0.760 e. The Morgan fingerprint density at radius 3 is 2.67 bits per heavy atom. The van der Waals surface area contributed by atoms with Crippen molar-refractivity contribution in [3.8, 4) is 0 Å². The Balaban J connectivity index is 2.83. The molecule has 2 N–H and O–H groups in total. The molecule has 4 nitrogen and oxygen atoms in total. The van der Waals surface area contributed by atoms with Gasteiger partial charge in [-0.1, -0.05) is 6.92 Å². The number of nitrogens with one attached hydrogen (secondary N) is 2. The fraction of sp³-hybridized carbons (Fsp3) is 1.00. The van der Waals surface area contributed by atoms with Crippen LogP contribution in [0.3, 0.4) is 0 Å². The molecule has 0 saturated heterocycles. The van der Waals surface area contributed by atoms with E-state index in [0.29, 0.717) is 13.1 Å². The molecule has 0 rings (SSSR count). The van der Waals surface area contributed by atoms with Crippen LogP contribution in [-0.4, -0.2) is 28.4 Å². The largest absolute Gasteiger partial charge is 0.760 e. The smallest absolute Gasteiger partial charge is 0.0197 e. The van der Waals surface area contributed by atoms with Crippen LogP contribution in [0.25, 0.3) is 0 Å². The fourth-order valence-electron chi connectivity index (χ4n) is 0.400. The fourth-order valence-corrected chi connectivity index (χ4v) is 0.668. The van der Waals surface area contributed by atoms with Gasteiger partial charge in [0.15, 0.2) is 0 Å². The third-order valence-corrected chi connectivity index (χ3v) is 1.21. The SMILES string of the molecule is CCNCCNS(=O)[O-]. The van der Waals surface area contributed by atoms with E-state index in [1.807, 2.05) is 6.92 Å². The van der Waals surface area contributed by atoms with Crippen molar-refractivity contribution in [2.75, 3.05) is 19.6 Å². The van der Waals surface area contributed by atoms with Crippen molar-refractivity contribution >= 4 is 11.3 Å². The normalized spacial score (nSPS) is 13.6. The molecular weight excluding hydrogens is 140 g/mol. The quantitative estimate of drug-likeness (QED) is 0.390. The van der Waals surface area contributed by atoms with Crippen LogP contribution in [-0.2, 0) is 11.3 Å². The predicted octanol–water partition coefficient (Wildman–Crippen LogP) is -1.02. The van der Waals surface area contributed by atoms with E-state index in [9.17, 15) is 8.76 Å². The van der Waals surface area contributed by atoms with Gasteiger partial charge >= 0.3 is 0 Å². The zero-order chi connectivity index (χ0) is 7.11. The first-order valence-electron chi connectivity index (χ1n) is 2.81. The standard InChI is InChI=1S/C4H12N2O2S/c1-2-5-3-4-6-9(7)8/h5-6H,2-4H2,1H3,(H,7,8)/p-1. The van der Waals surface area contributed by atoms with Gasteiger partial charge in [0.05, 0.1) is 0 Å². The van der Waals surface area contributed by atoms with Crippen LogP contribution in [0.1, 0.15) is 6.92 Å². The van der Waals surface area contributed by atoms with Crippen molar-refractivity contribution in [1.29, 1.82) is 0 Å². The molecule has 0 aromatic heterocycles. The van der Waals surface area contributed by atoms with Gasteiger partial charge in [0.25, 0.3) is 0 Å². The molecule has 0 aliphatic carbocycles. The van der Waals surface area contributed by atoms with Crippen molar-refractivity contribution in [3.05, 3.63) is 0 Å². The van der Waals surface area contributed by atoms with E-state index in [1.165, 1.54) is 0 Å². The summed E-state index contributed by atoms with van der Waals surface area (Å²) in [6.07, 6.45) is 0. The predicted molar refractivity (Wildman–Crippen MR) is 35.5 cm³/mol. The topological polar surface area (TPSA) is 64.2 Å². The van der Waals surface area contributed by atoms with Crippen molar-refractivity contribution < 1.29 is 8.76 Å².